The Morgan fingerprint density at radius 3 is 2.64 bits per heavy atom. The molecule has 6 rings (SSSR count). The summed E-state index contributed by atoms with van der Waals surface area (Å²) >= 11 is 0. The van der Waals surface area contributed by atoms with Gasteiger partial charge in [-0.3, -0.25) is 9.48 Å². The van der Waals surface area contributed by atoms with Gasteiger partial charge in [-0.25, -0.2) is 13.9 Å². The summed E-state index contributed by atoms with van der Waals surface area (Å²) in [6, 6.07) is 3.58. The Hall–Kier alpha value is -3.83. The summed E-state index contributed by atoms with van der Waals surface area (Å²) in [7, 11) is 3.70. The quantitative estimate of drug-likeness (QED) is 0.392. The van der Waals surface area contributed by atoms with Crippen molar-refractivity contribution in [3.63, 3.8) is 0 Å². The second kappa shape index (κ2) is 10.4. The summed E-state index contributed by atoms with van der Waals surface area (Å²) in [5.41, 5.74) is 3.85. The Bertz CT molecular complexity index is 1520. The monoisotopic (exact) mass is 532 g/mol. The molecule has 5 heterocycles. The van der Waals surface area contributed by atoms with Crippen LogP contribution in [-0.4, -0.2) is 81.6 Å². The van der Waals surface area contributed by atoms with Gasteiger partial charge in [0, 0.05) is 53.9 Å². The summed E-state index contributed by atoms with van der Waals surface area (Å²) in [6.45, 7) is 5.04. The Balaban J connectivity index is 1.44. The molecule has 0 radical (unpaired) electrons. The van der Waals surface area contributed by atoms with Crippen molar-refractivity contribution in [3.05, 3.63) is 53.9 Å². The SMILES string of the molecule is CNC(=O)c1cc(C)c(F)c(-c2cnn3cc(-c4cnn(C5CCN(C)CC5)c4)c(NC4CCOC4)nc23)c1. The zero-order chi connectivity index (χ0) is 27.1. The van der Waals surface area contributed by atoms with Gasteiger partial charge in [0.2, 0.25) is 0 Å². The number of likely N-dealkylation sites (tertiary alicyclic amines) is 1. The maximum atomic E-state index is 15.4. The molecule has 0 bridgehead atoms. The second-order valence-corrected chi connectivity index (χ2v) is 10.5. The number of amides is 1. The van der Waals surface area contributed by atoms with Crippen LogP contribution >= 0.6 is 0 Å². The third-order valence-electron chi connectivity index (χ3n) is 7.77. The molecule has 1 amide bonds. The molecule has 2 saturated heterocycles. The number of aromatic nitrogens is 5. The van der Waals surface area contributed by atoms with E-state index in [4.69, 9.17) is 14.8 Å². The number of halogens is 1. The topological polar surface area (TPSA) is 102 Å². The lowest BCUT2D eigenvalue weighted by atomic mass is 10.0. The zero-order valence-electron chi connectivity index (χ0n) is 22.4. The average Bonchev–Trinajstić information content (AvgIpc) is 3.71. The summed E-state index contributed by atoms with van der Waals surface area (Å²) in [5, 5.41) is 15.4. The van der Waals surface area contributed by atoms with Crippen molar-refractivity contribution in [2.24, 2.45) is 0 Å². The van der Waals surface area contributed by atoms with Gasteiger partial charge in [-0.15, -0.1) is 0 Å². The van der Waals surface area contributed by atoms with Crippen LogP contribution in [0.25, 0.3) is 27.9 Å². The molecule has 0 spiro atoms. The van der Waals surface area contributed by atoms with E-state index in [9.17, 15) is 4.79 Å². The van der Waals surface area contributed by atoms with Crippen LogP contribution < -0.4 is 10.6 Å². The number of hydrogen-bond donors (Lipinski definition) is 2. The van der Waals surface area contributed by atoms with E-state index in [-0.39, 0.29) is 17.5 Å². The van der Waals surface area contributed by atoms with Crippen LogP contribution in [0.15, 0.2) is 36.9 Å². The van der Waals surface area contributed by atoms with Crippen LogP contribution in [0.1, 0.15) is 41.2 Å². The van der Waals surface area contributed by atoms with E-state index < -0.39 is 5.82 Å². The first-order valence-corrected chi connectivity index (χ1v) is 13.4. The van der Waals surface area contributed by atoms with Crippen molar-refractivity contribution < 1.29 is 13.9 Å². The third kappa shape index (κ3) is 4.87. The second-order valence-electron chi connectivity index (χ2n) is 10.5. The maximum Gasteiger partial charge on any atom is 0.251 e. The third-order valence-corrected chi connectivity index (χ3v) is 7.77. The van der Waals surface area contributed by atoms with Crippen molar-refractivity contribution in [2.75, 3.05) is 45.7 Å². The van der Waals surface area contributed by atoms with Crippen LogP contribution in [0.5, 0.6) is 0 Å². The molecule has 4 aromatic rings. The fraction of sp³-hybridized carbons (Fsp3) is 0.429. The first-order chi connectivity index (χ1) is 18.9. The van der Waals surface area contributed by atoms with Gasteiger partial charge in [-0.05, 0) is 64.0 Å². The van der Waals surface area contributed by atoms with Crippen LogP contribution in [0.3, 0.4) is 0 Å². The molecule has 2 fully saturated rings. The minimum atomic E-state index is -0.401. The molecule has 2 aliphatic rings. The molecule has 204 valence electrons. The van der Waals surface area contributed by atoms with Gasteiger partial charge in [-0.1, -0.05) is 0 Å². The average molecular weight is 533 g/mol. The molecular formula is C28H33FN8O2. The van der Waals surface area contributed by atoms with Crippen molar-refractivity contribution in [3.8, 4) is 22.3 Å². The smallest absolute Gasteiger partial charge is 0.251 e. The largest absolute Gasteiger partial charge is 0.379 e. The molecule has 1 unspecified atom stereocenters. The lowest BCUT2D eigenvalue weighted by Gasteiger charge is -2.28. The van der Waals surface area contributed by atoms with Crippen molar-refractivity contribution in [2.45, 2.75) is 38.3 Å². The summed E-state index contributed by atoms with van der Waals surface area (Å²) in [4.78, 5) is 19.7. The fourth-order valence-corrected chi connectivity index (χ4v) is 5.44. The Labute approximate surface area is 226 Å². The number of fused-ring (bicyclic) bond motifs is 1. The van der Waals surface area contributed by atoms with Gasteiger partial charge in [0.15, 0.2) is 5.65 Å². The number of nitrogens with one attached hydrogen (secondary N) is 2. The maximum absolute atomic E-state index is 15.4. The Morgan fingerprint density at radius 2 is 1.90 bits per heavy atom. The molecule has 0 saturated carbocycles. The van der Waals surface area contributed by atoms with E-state index in [0.29, 0.717) is 47.4 Å². The molecule has 0 aliphatic carbocycles. The Morgan fingerprint density at radius 1 is 1.08 bits per heavy atom. The van der Waals surface area contributed by atoms with Gasteiger partial charge in [0.25, 0.3) is 5.91 Å². The number of benzene rings is 1. The number of ether oxygens (including phenoxy) is 1. The lowest BCUT2D eigenvalue weighted by Crippen LogP contribution is -2.31. The van der Waals surface area contributed by atoms with E-state index in [0.717, 1.165) is 43.5 Å². The first-order valence-electron chi connectivity index (χ1n) is 13.4. The molecule has 10 nitrogen and oxygen atoms in total. The molecule has 11 heteroatoms. The first kappa shape index (κ1) is 25.4. The molecule has 39 heavy (non-hydrogen) atoms. The highest BCUT2D eigenvalue weighted by molar-refractivity contribution is 5.96. The summed E-state index contributed by atoms with van der Waals surface area (Å²) in [6.07, 6.45) is 10.4. The summed E-state index contributed by atoms with van der Waals surface area (Å²) < 4.78 is 24.7. The number of nitrogens with zero attached hydrogens (tertiary/aromatic N) is 6. The number of rotatable bonds is 6. The minimum absolute atomic E-state index is 0.115. The van der Waals surface area contributed by atoms with E-state index >= 15 is 4.39 Å². The van der Waals surface area contributed by atoms with Gasteiger partial charge < -0.3 is 20.3 Å². The van der Waals surface area contributed by atoms with E-state index in [1.165, 1.54) is 0 Å². The van der Waals surface area contributed by atoms with Gasteiger partial charge in [0.1, 0.15) is 11.6 Å². The molecule has 2 N–H and O–H groups in total. The van der Waals surface area contributed by atoms with E-state index in [1.807, 2.05) is 12.4 Å². The van der Waals surface area contributed by atoms with E-state index in [2.05, 4.69) is 38.6 Å². The molecular weight excluding hydrogens is 499 g/mol. The van der Waals surface area contributed by atoms with Crippen LogP contribution in [0, 0.1) is 12.7 Å². The number of hydrogen-bond acceptors (Lipinski definition) is 7. The highest BCUT2D eigenvalue weighted by Gasteiger charge is 2.24. The highest BCUT2D eigenvalue weighted by atomic mass is 19.1. The molecule has 3 aromatic heterocycles. The molecule has 1 atom stereocenters. The normalized spacial score (nSPS) is 18.6. The molecule has 1 aromatic carbocycles. The van der Waals surface area contributed by atoms with E-state index in [1.54, 1.807) is 36.8 Å². The van der Waals surface area contributed by atoms with Gasteiger partial charge in [-0.2, -0.15) is 10.2 Å². The van der Waals surface area contributed by atoms with Gasteiger partial charge in [0.05, 0.1) is 31.1 Å². The van der Waals surface area contributed by atoms with Crippen LogP contribution in [0.4, 0.5) is 10.2 Å². The fourth-order valence-electron chi connectivity index (χ4n) is 5.44. The predicted octanol–water partition coefficient (Wildman–Crippen LogP) is 3.53. The van der Waals surface area contributed by atoms with Crippen molar-refractivity contribution in [1.29, 1.82) is 0 Å². The number of carbonyl (C=O) groups is 1. The van der Waals surface area contributed by atoms with Crippen LogP contribution in [0.2, 0.25) is 0 Å². The number of piperidine rings is 1. The standard InChI is InChI=1S/C28H33FN8O2/c1-17-10-18(28(38)30-2)11-22(25(17)29)23-13-32-37-15-24(26(34-27(23)37)33-20-6-9-39-16-20)19-12-31-36(14-19)21-4-7-35(3)8-5-21/h10-15,20-21H,4-9,16H2,1-3H3,(H,30,38)(H,33,34). The van der Waals surface area contributed by atoms with Crippen molar-refractivity contribution >= 4 is 17.4 Å². The van der Waals surface area contributed by atoms with Crippen molar-refractivity contribution in [1.82, 2.24) is 34.6 Å². The Kier molecular flexibility index (Phi) is 6.78. The number of anilines is 1. The van der Waals surface area contributed by atoms with Gasteiger partial charge >= 0.3 is 0 Å². The van der Waals surface area contributed by atoms with Crippen LogP contribution in [-0.2, 0) is 4.74 Å². The predicted molar refractivity (Wildman–Crippen MR) is 146 cm³/mol. The highest BCUT2D eigenvalue weighted by Crippen LogP contribution is 2.34. The minimum Gasteiger partial charge on any atom is -0.379 e. The zero-order valence-corrected chi connectivity index (χ0v) is 22.4. The summed E-state index contributed by atoms with van der Waals surface area (Å²) in [5.74, 6) is -0.0138. The lowest BCUT2D eigenvalue weighted by molar-refractivity contribution is 0.0963. The number of aryl methyl sites for hydroxylation is 1. The molecule has 2 aliphatic heterocycles. The number of carbonyl (C=O) groups excluding carboxylic acids is 1.